The van der Waals surface area contributed by atoms with Crippen molar-refractivity contribution in [2.45, 2.75) is 0 Å². The summed E-state index contributed by atoms with van der Waals surface area (Å²) in [5, 5.41) is 10.8. The molecule has 0 N–H and O–H groups in total. The second kappa shape index (κ2) is 3.02. The van der Waals surface area contributed by atoms with Gasteiger partial charge in [-0.2, -0.15) is 0 Å². The topological polar surface area (TPSA) is 43.6 Å². The van der Waals surface area contributed by atoms with Crippen molar-refractivity contribution < 1.29 is 0 Å². The smallest absolute Gasteiger partial charge is 0.143 e. The fourth-order valence-electron chi connectivity index (χ4n) is 0.873. The summed E-state index contributed by atoms with van der Waals surface area (Å²) >= 11 is 3.35. The number of benzene rings is 1. The van der Waals surface area contributed by atoms with Crippen molar-refractivity contribution in [3.63, 3.8) is 0 Å². The highest BCUT2D eigenvalue weighted by atomic mass is 79.9. The minimum atomic E-state index is 0.947. The quantitative estimate of drug-likeness (QED) is 0.737. The number of halogens is 1. The van der Waals surface area contributed by atoms with Gasteiger partial charge in [-0.3, -0.25) is 0 Å². The number of nitrogens with zero attached hydrogens (tertiary/aromatic N) is 4. The molecule has 0 bridgehead atoms. The zero-order valence-electron chi connectivity index (χ0n) is 6.05. The lowest BCUT2D eigenvalue weighted by molar-refractivity contribution is 0.789. The first-order valence-corrected chi connectivity index (χ1v) is 4.14. The van der Waals surface area contributed by atoms with Crippen LogP contribution in [0, 0.1) is 0 Å². The molecule has 0 spiro atoms. The summed E-state index contributed by atoms with van der Waals surface area (Å²) in [5.41, 5.74) is 0.947. The Morgan fingerprint density at radius 3 is 2.50 bits per heavy atom. The summed E-state index contributed by atoms with van der Waals surface area (Å²) in [6.07, 6.45) is 1.56. The van der Waals surface area contributed by atoms with E-state index in [9.17, 15) is 0 Å². The average molecular weight is 225 g/mol. The number of hydrogen-bond donors (Lipinski definition) is 0. The van der Waals surface area contributed by atoms with Crippen LogP contribution in [-0.4, -0.2) is 20.2 Å². The average Bonchev–Trinajstić information content (AvgIpc) is 2.58. The molecule has 0 aliphatic rings. The Morgan fingerprint density at radius 2 is 1.92 bits per heavy atom. The van der Waals surface area contributed by atoms with E-state index in [1.807, 2.05) is 24.3 Å². The zero-order chi connectivity index (χ0) is 8.39. The van der Waals surface area contributed by atoms with Gasteiger partial charge in [-0.25, -0.2) is 4.68 Å². The van der Waals surface area contributed by atoms with Gasteiger partial charge >= 0.3 is 0 Å². The van der Waals surface area contributed by atoms with Crippen molar-refractivity contribution >= 4 is 15.9 Å². The van der Waals surface area contributed by atoms with Gasteiger partial charge < -0.3 is 0 Å². The summed E-state index contributed by atoms with van der Waals surface area (Å²) < 4.78 is 2.64. The summed E-state index contributed by atoms with van der Waals surface area (Å²) in [7, 11) is 0. The van der Waals surface area contributed by atoms with Crippen LogP contribution in [0.5, 0.6) is 0 Å². The van der Waals surface area contributed by atoms with E-state index in [4.69, 9.17) is 0 Å². The van der Waals surface area contributed by atoms with Gasteiger partial charge in [0.15, 0.2) is 0 Å². The summed E-state index contributed by atoms with van der Waals surface area (Å²) in [5.74, 6) is 0. The third-order valence-corrected chi connectivity index (χ3v) is 1.97. The lowest BCUT2D eigenvalue weighted by Gasteiger charge is -1.97. The first-order valence-electron chi connectivity index (χ1n) is 3.35. The zero-order valence-corrected chi connectivity index (χ0v) is 7.64. The maximum absolute atomic E-state index is 3.76. The van der Waals surface area contributed by atoms with E-state index in [1.54, 1.807) is 11.0 Å². The van der Waals surface area contributed by atoms with E-state index in [0.717, 1.165) is 10.2 Å². The second-order valence-corrected chi connectivity index (χ2v) is 3.15. The van der Waals surface area contributed by atoms with E-state index in [-0.39, 0.29) is 0 Å². The van der Waals surface area contributed by atoms with Gasteiger partial charge in [-0.05, 0) is 34.7 Å². The standard InChI is InChI=1S/C7H5BrN4/c8-6-1-3-7(4-2-6)12-5-9-10-11-12/h1-5H. The van der Waals surface area contributed by atoms with E-state index >= 15 is 0 Å². The molecule has 0 atom stereocenters. The van der Waals surface area contributed by atoms with Gasteiger partial charge in [0.2, 0.25) is 0 Å². The van der Waals surface area contributed by atoms with Crippen LogP contribution >= 0.6 is 15.9 Å². The molecule has 4 nitrogen and oxygen atoms in total. The molecule has 0 saturated carbocycles. The largest absolute Gasteiger partial charge is 0.201 e. The molecule has 2 aromatic rings. The SMILES string of the molecule is Brc1ccc(-n2cnnn2)cc1. The third-order valence-electron chi connectivity index (χ3n) is 1.44. The lowest BCUT2D eigenvalue weighted by Crippen LogP contribution is -1.93. The predicted octanol–water partition coefficient (Wildman–Crippen LogP) is 1.42. The predicted molar refractivity (Wildman–Crippen MR) is 46.9 cm³/mol. The van der Waals surface area contributed by atoms with Gasteiger partial charge in [-0.1, -0.05) is 15.9 Å². The van der Waals surface area contributed by atoms with Gasteiger partial charge in [0, 0.05) is 4.47 Å². The Morgan fingerprint density at radius 1 is 1.17 bits per heavy atom. The normalized spacial score (nSPS) is 10.1. The number of tetrazole rings is 1. The molecular weight excluding hydrogens is 220 g/mol. The Balaban J connectivity index is 2.43. The van der Waals surface area contributed by atoms with Crippen LogP contribution in [0.2, 0.25) is 0 Å². The molecule has 1 aromatic carbocycles. The maximum Gasteiger partial charge on any atom is 0.143 e. The van der Waals surface area contributed by atoms with E-state index in [0.29, 0.717) is 0 Å². The highest BCUT2D eigenvalue weighted by Crippen LogP contribution is 2.12. The van der Waals surface area contributed by atoms with Gasteiger partial charge in [-0.15, -0.1) is 5.10 Å². The Bertz CT molecular complexity index is 353. The third kappa shape index (κ3) is 1.35. The molecule has 0 aliphatic carbocycles. The molecule has 12 heavy (non-hydrogen) atoms. The molecule has 1 heterocycles. The van der Waals surface area contributed by atoms with Crippen LogP contribution in [0.1, 0.15) is 0 Å². The van der Waals surface area contributed by atoms with Crippen LogP contribution in [0.15, 0.2) is 35.1 Å². The number of hydrogen-bond acceptors (Lipinski definition) is 3. The molecule has 0 unspecified atom stereocenters. The van der Waals surface area contributed by atoms with Crippen molar-refractivity contribution in [2.75, 3.05) is 0 Å². The van der Waals surface area contributed by atoms with Crippen LogP contribution in [0.3, 0.4) is 0 Å². The first-order chi connectivity index (χ1) is 5.86. The maximum atomic E-state index is 3.76. The van der Waals surface area contributed by atoms with E-state index in [2.05, 4.69) is 31.5 Å². The minimum Gasteiger partial charge on any atom is -0.201 e. The fraction of sp³-hybridized carbons (Fsp3) is 0. The molecule has 5 heteroatoms. The minimum absolute atomic E-state index is 0.947. The monoisotopic (exact) mass is 224 g/mol. The Kier molecular flexibility index (Phi) is 1.87. The first kappa shape index (κ1) is 7.42. The second-order valence-electron chi connectivity index (χ2n) is 2.23. The van der Waals surface area contributed by atoms with E-state index < -0.39 is 0 Å². The van der Waals surface area contributed by atoms with Crippen LogP contribution in [0.25, 0.3) is 5.69 Å². The Labute approximate surface area is 77.3 Å². The molecule has 0 amide bonds. The van der Waals surface area contributed by atoms with Crippen LogP contribution in [-0.2, 0) is 0 Å². The highest BCUT2D eigenvalue weighted by Gasteiger charge is 1.95. The van der Waals surface area contributed by atoms with Crippen molar-refractivity contribution in [2.24, 2.45) is 0 Å². The highest BCUT2D eigenvalue weighted by molar-refractivity contribution is 9.10. The Hall–Kier alpha value is -1.23. The van der Waals surface area contributed by atoms with Crippen molar-refractivity contribution in [1.29, 1.82) is 0 Å². The molecular formula is C7H5BrN4. The molecule has 2 rings (SSSR count). The van der Waals surface area contributed by atoms with Crippen LogP contribution in [0.4, 0.5) is 0 Å². The lowest BCUT2D eigenvalue weighted by atomic mass is 10.3. The van der Waals surface area contributed by atoms with Gasteiger partial charge in [0.05, 0.1) is 5.69 Å². The number of aromatic nitrogens is 4. The van der Waals surface area contributed by atoms with Crippen molar-refractivity contribution in [3.8, 4) is 5.69 Å². The van der Waals surface area contributed by atoms with E-state index in [1.165, 1.54) is 0 Å². The van der Waals surface area contributed by atoms with Gasteiger partial charge in [0.1, 0.15) is 6.33 Å². The van der Waals surface area contributed by atoms with Crippen LogP contribution < -0.4 is 0 Å². The molecule has 0 radical (unpaired) electrons. The summed E-state index contributed by atoms with van der Waals surface area (Å²) in [6.45, 7) is 0. The molecule has 0 saturated heterocycles. The van der Waals surface area contributed by atoms with Crippen molar-refractivity contribution in [3.05, 3.63) is 35.1 Å². The van der Waals surface area contributed by atoms with Crippen molar-refractivity contribution in [1.82, 2.24) is 20.2 Å². The molecule has 1 aromatic heterocycles. The fourth-order valence-corrected chi connectivity index (χ4v) is 1.14. The summed E-state index contributed by atoms with van der Waals surface area (Å²) in [4.78, 5) is 0. The molecule has 0 fully saturated rings. The van der Waals surface area contributed by atoms with Gasteiger partial charge in [0.25, 0.3) is 0 Å². The number of rotatable bonds is 1. The molecule has 0 aliphatic heterocycles. The molecule has 60 valence electrons. The summed E-state index contributed by atoms with van der Waals surface area (Å²) in [6, 6.07) is 7.74.